The SMILES string of the molecule is COc1ccc(C2C(C(=O)N(C)C[C@@H]3CCCN4CCCC[C@H]34)CC(=O)N2C)c(OC)c1OC. The molecular weight excluding hydrogens is 434 g/mol. The van der Waals surface area contributed by atoms with E-state index in [1.165, 1.54) is 38.8 Å². The van der Waals surface area contributed by atoms with Crippen molar-refractivity contribution >= 4 is 11.8 Å². The fourth-order valence-corrected chi connectivity index (χ4v) is 6.39. The zero-order valence-electron chi connectivity index (χ0n) is 21.2. The van der Waals surface area contributed by atoms with Gasteiger partial charge in [-0.15, -0.1) is 0 Å². The monoisotopic (exact) mass is 473 g/mol. The van der Waals surface area contributed by atoms with Gasteiger partial charge in [0.05, 0.1) is 33.3 Å². The molecule has 3 heterocycles. The highest BCUT2D eigenvalue weighted by Crippen LogP contribution is 2.48. The lowest BCUT2D eigenvalue weighted by atomic mass is 9.83. The Bertz CT molecular complexity index is 905. The van der Waals surface area contributed by atoms with E-state index >= 15 is 0 Å². The highest BCUT2D eigenvalue weighted by Gasteiger charge is 2.46. The number of fused-ring (bicyclic) bond motifs is 1. The summed E-state index contributed by atoms with van der Waals surface area (Å²) in [6.07, 6.45) is 6.33. The van der Waals surface area contributed by atoms with Gasteiger partial charge in [0.2, 0.25) is 17.6 Å². The number of amides is 2. The molecule has 0 bridgehead atoms. The molecule has 188 valence electrons. The molecule has 2 amide bonds. The first kappa shape index (κ1) is 24.6. The number of hydrogen-bond acceptors (Lipinski definition) is 6. The summed E-state index contributed by atoms with van der Waals surface area (Å²) in [5.74, 6) is 1.52. The average Bonchev–Trinajstić information content (AvgIpc) is 3.16. The third kappa shape index (κ3) is 4.44. The van der Waals surface area contributed by atoms with Crippen molar-refractivity contribution in [1.82, 2.24) is 14.7 Å². The van der Waals surface area contributed by atoms with Crippen LogP contribution in [0.1, 0.15) is 50.1 Å². The molecule has 0 spiro atoms. The molecule has 8 heteroatoms. The molecule has 3 fully saturated rings. The lowest BCUT2D eigenvalue weighted by molar-refractivity contribution is -0.136. The molecule has 0 aliphatic carbocycles. The Labute approximate surface area is 203 Å². The third-order valence-corrected chi connectivity index (χ3v) is 8.07. The zero-order valence-corrected chi connectivity index (χ0v) is 21.2. The van der Waals surface area contributed by atoms with Crippen molar-refractivity contribution in [2.45, 2.75) is 50.6 Å². The van der Waals surface area contributed by atoms with E-state index in [2.05, 4.69) is 4.90 Å². The summed E-state index contributed by atoms with van der Waals surface area (Å²) in [6.45, 7) is 3.11. The molecule has 8 nitrogen and oxygen atoms in total. The number of ether oxygens (including phenoxy) is 3. The normalized spacial score (nSPS) is 27.3. The minimum Gasteiger partial charge on any atom is -0.493 e. The number of rotatable bonds is 7. The van der Waals surface area contributed by atoms with Crippen LogP contribution in [-0.2, 0) is 9.59 Å². The van der Waals surface area contributed by atoms with Gasteiger partial charge in [0.25, 0.3) is 0 Å². The number of nitrogens with zero attached hydrogens (tertiary/aromatic N) is 3. The summed E-state index contributed by atoms with van der Waals surface area (Å²) >= 11 is 0. The minimum absolute atomic E-state index is 0.0208. The molecule has 3 saturated heterocycles. The fraction of sp³-hybridized carbons (Fsp3) is 0.692. The second-order valence-corrected chi connectivity index (χ2v) is 9.90. The number of benzene rings is 1. The van der Waals surface area contributed by atoms with Crippen LogP contribution in [0.15, 0.2) is 12.1 Å². The van der Waals surface area contributed by atoms with Crippen LogP contribution >= 0.6 is 0 Å². The summed E-state index contributed by atoms with van der Waals surface area (Å²) in [5.41, 5.74) is 0.761. The first-order chi connectivity index (χ1) is 16.4. The van der Waals surface area contributed by atoms with Crippen molar-refractivity contribution < 1.29 is 23.8 Å². The van der Waals surface area contributed by atoms with E-state index in [1.54, 1.807) is 39.3 Å². The first-order valence-corrected chi connectivity index (χ1v) is 12.4. The lowest BCUT2D eigenvalue weighted by Crippen LogP contribution is -2.51. The molecule has 4 atom stereocenters. The maximum atomic E-state index is 13.8. The molecule has 2 unspecified atom stereocenters. The van der Waals surface area contributed by atoms with Gasteiger partial charge in [-0.3, -0.25) is 9.59 Å². The van der Waals surface area contributed by atoms with Crippen molar-refractivity contribution in [1.29, 1.82) is 0 Å². The molecule has 4 rings (SSSR count). The Balaban J connectivity index is 1.58. The average molecular weight is 474 g/mol. The molecule has 0 aromatic heterocycles. The summed E-state index contributed by atoms with van der Waals surface area (Å²) in [7, 11) is 8.36. The van der Waals surface area contributed by atoms with Crippen LogP contribution in [-0.4, -0.2) is 87.6 Å². The van der Waals surface area contributed by atoms with Crippen LogP contribution in [0.25, 0.3) is 0 Å². The molecule has 1 aromatic carbocycles. The van der Waals surface area contributed by atoms with Gasteiger partial charge in [-0.1, -0.05) is 6.42 Å². The van der Waals surface area contributed by atoms with Crippen LogP contribution in [0, 0.1) is 11.8 Å². The van der Waals surface area contributed by atoms with Gasteiger partial charge in [-0.2, -0.15) is 0 Å². The van der Waals surface area contributed by atoms with Gasteiger partial charge < -0.3 is 28.9 Å². The van der Waals surface area contributed by atoms with Crippen LogP contribution in [0.2, 0.25) is 0 Å². The number of carbonyl (C=O) groups is 2. The maximum absolute atomic E-state index is 13.8. The molecule has 1 aromatic rings. The summed E-state index contributed by atoms with van der Waals surface area (Å²) in [5, 5.41) is 0. The standard InChI is InChI=1S/C26H39N3O5/c1-27(16-17-9-8-14-29-13-7-6-10-20(17)29)26(31)19-15-22(30)28(2)23(19)18-11-12-21(32-3)25(34-5)24(18)33-4/h11-12,17,19-20,23H,6-10,13-16H2,1-5H3/t17-,19?,20+,23?/m0/s1. The Morgan fingerprint density at radius 3 is 2.47 bits per heavy atom. The fourth-order valence-electron chi connectivity index (χ4n) is 6.39. The van der Waals surface area contributed by atoms with Crippen LogP contribution < -0.4 is 14.2 Å². The molecule has 0 saturated carbocycles. The second-order valence-electron chi connectivity index (χ2n) is 9.90. The second kappa shape index (κ2) is 10.4. The Kier molecular flexibility index (Phi) is 7.55. The summed E-state index contributed by atoms with van der Waals surface area (Å²) in [6, 6.07) is 3.83. The predicted octanol–water partition coefficient (Wildman–Crippen LogP) is 2.95. The van der Waals surface area contributed by atoms with Gasteiger partial charge in [-0.25, -0.2) is 0 Å². The molecule has 0 radical (unpaired) electrons. The van der Waals surface area contributed by atoms with Crippen LogP contribution in [0.3, 0.4) is 0 Å². The van der Waals surface area contributed by atoms with Gasteiger partial charge >= 0.3 is 0 Å². The number of likely N-dealkylation sites (tertiary alicyclic amines) is 1. The predicted molar refractivity (Wildman–Crippen MR) is 129 cm³/mol. The van der Waals surface area contributed by atoms with E-state index in [9.17, 15) is 9.59 Å². The van der Waals surface area contributed by atoms with Crippen molar-refractivity contribution in [3.05, 3.63) is 17.7 Å². The number of hydrogen-bond donors (Lipinski definition) is 0. The van der Waals surface area contributed by atoms with E-state index < -0.39 is 12.0 Å². The molecule has 3 aliphatic rings. The van der Waals surface area contributed by atoms with Gasteiger partial charge in [0.15, 0.2) is 11.5 Å². The van der Waals surface area contributed by atoms with Gasteiger partial charge in [-0.05, 0) is 56.8 Å². The van der Waals surface area contributed by atoms with E-state index in [-0.39, 0.29) is 18.2 Å². The number of carbonyl (C=O) groups excluding carboxylic acids is 2. The van der Waals surface area contributed by atoms with Crippen molar-refractivity contribution in [3.8, 4) is 17.2 Å². The van der Waals surface area contributed by atoms with E-state index in [4.69, 9.17) is 14.2 Å². The van der Waals surface area contributed by atoms with E-state index in [1.807, 2.05) is 18.0 Å². The molecular formula is C26H39N3O5. The van der Waals surface area contributed by atoms with Crippen molar-refractivity contribution in [2.24, 2.45) is 11.8 Å². The Morgan fingerprint density at radius 1 is 1.03 bits per heavy atom. The minimum atomic E-state index is -0.472. The maximum Gasteiger partial charge on any atom is 0.228 e. The highest BCUT2D eigenvalue weighted by atomic mass is 16.5. The van der Waals surface area contributed by atoms with E-state index in [0.717, 1.165) is 18.5 Å². The number of piperidine rings is 2. The van der Waals surface area contributed by atoms with E-state index in [0.29, 0.717) is 29.2 Å². The number of methoxy groups -OCH3 is 3. The lowest BCUT2D eigenvalue weighted by Gasteiger charge is -2.45. The molecule has 0 N–H and O–H groups in total. The summed E-state index contributed by atoms with van der Waals surface area (Å²) in [4.78, 5) is 32.7. The smallest absolute Gasteiger partial charge is 0.228 e. The molecule has 3 aliphatic heterocycles. The van der Waals surface area contributed by atoms with Crippen LogP contribution in [0.4, 0.5) is 0 Å². The van der Waals surface area contributed by atoms with Crippen molar-refractivity contribution in [3.63, 3.8) is 0 Å². The van der Waals surface area contributed by atoms with Crippen molar-refractivity contribution in [2.75, 3.05) is 55.1 Å². The molecule has 34 heavy (non-hydrogen) atoms. The van der Waals surface area contributed by atoms with Gasteiger partial charge in [0.1, 0.15) is 0 Å². The third-order valence-electron chi connectivity index (χ3n) is 8.07. The zero-order chi connectivity index (χ0) is 24.4. The Morgan fingerprint density at radius 2 is 1.76 bits per heavy atom. The summed E-state index contributed by atoms with van der Waals surface area (Å²) < 4.78 is 16.7. The topological polar surface area (TPSA) is 71.6 Å². The van der Waals surface area contributed by atoms with Gasteiger partial charge in [0, 0.05) is 38.7 Å². The highest BCUT2D eigenvalue weighted by molar-refractivity contribution is 5.90. The first-order valence-electron chi connectivity index (χ1n) is 12.4. The van der Waals surface area contributed by atoms with Crippen LogP contribution in [0.5, 0.6) is 17.2 Å². The quantitative estimate of drug-likeness (QED) is 0.606. The largest absolute Gasteiger partial charge is 0.493 e. The Hall–Kier alpha value is -2.48.